The van der Waals surface area contributed by atoms with Crippen LogP contribution >= 0.6 is 11.6 Å². The number of nitrogens with zero attached hydrogens (tertiary/aromatic N) is 6. The summed E-state index contributed by atoms with van der Waals surface area (Å²) in [5.74, 6) is -2.14. The highest BCUT2D eigenvalue weighted by molar-refractivity contribution is 6.30. The van der Waals surface area contributed by atoms with E-state index in [1.165, 1.54) is 10.7 Å². The summed E-state index contributed by atoms with van der Waals surface area (Å²) in [7, 11) is 0. The Morgan fingerprint density at radius 1 is 1.16 bits per heavy atom. The summed E-state index contributed by atoms with van der Waals surface area (Å²) < 4.78 is 51.0. The number of alkyl halides is 2. The van der Waals surface area contributed by atoms with Crippen LogP contribution in [-0.4, -0.2) is 49.9 Å². The molecule has 4 aromatic rings. The third kappa shape index (κ3) is 3.87. The van der Waals surface area contributed by atoms with E-state index in [1.807, 2.05) is 4.90 Å². The molecule has 12 heteroatoms. The molecule has 0 unspecified atom stereocenters. The van der Waals surface area contributed by atoms with Gasteiger partial charge in [-0.1, -0.05) is 11.6 Å². The van der Waals surface area contributed by atoms with E-state index in [0.29, 0.717) is 60.8 Å². The van der Waals surface area contributed by atoms with Crippen molar-refractivity contribution in [3.8, 4) is 11.3 Å². The minimum Gasteiger partial charge on any atom is -0.370 e. The molecule has 38 heavy (non-hydrogen) atoms. The Balaban J connectivity index is 1.30. The molecule has 3 aromatic heterocycles. The maximum atomic E-state index is 15.1. The number of rotatable bonds is 4. The predicted molar refractivity (Wildman–Crippen MR) is 134 cm³/mol. The summed E-state index contributed by atoms with van der Waals surface area (Å²) in [6.07, 6.45) is 3.98. The van der Waals surface area contributed by atoms with Crippen LogP contribution < -0.4 is 10.5 Å². The summed E-state index contributed by atoms with van der Waals surface area (Å²) in [5, 5.41) is 4.73. The number of hydrogen-bond donors (Lipinski definition) is 0. The molecule has 8 nitrogen and oxygen atoms in total. The Morgan fingerprint density at radius 3 is 2.79 bits per heavy atom. The second-order valence-electron chi connectivity index (χ2n) is 9.98. The lowest BCUT2D eigenvalue weighted by Gasteiger charge is -2.33. The van der Waals surface area contributed by atoms with E-state index in [4.69, 9.17) is 26.3 Å². The smallest absolute Gasteiger partial charge is 0.272 e. The minimum atomic E-state index is -2.73. The summed E-state index contributed by atoms with van der Waals surface area (Å²) in [6, 6.07) is 5.11. The number of pyridine rings is 1. The van der Waals surface area contributed by atoms with Crippen LogP contribution in [0.15, 0.2) is 41.5 Å². The molecule has 196 valence electrons. The Labute approximate surface area is 219 Å². The molecule has 3 aliphatic rings. The molecule has 2 fully saturated rings. The summed E-state index contributed by atoms with van der Waals surface area (Å²) in [6.45, 7) is 1.77. The van der Waals surface area contributed by atoms with Crippen molar-refractivity contribution in [2.24, 2.45) is 0 Å². The van der Waals surface area contributed by atoms with E-state index in [2.05, 4.69) is 5.10 Å². The molecule has 0 radical (unpaired) electrons. The maximum absolute atomic E-state index is 15.1. The van der Waals surface area contributed by atoms with Gasteiger partial charge in [-0.05, 0) is 30.7 Å². The second-order valence-corrected chi connectivity index (χ2v) is 10.4. The molecule has 1 saturated carbocycles. The van der Waals surface area contributed by atoms with Crippen molar-refractivity contribution >= 4 is 28.3 Å². The van der Waals surface area contributed by atoms with Crippen LogP contribution in [0, 0.1) is 5.82 Å². The molecule has 1 aromatic carbocycles. The van der Waals surface area contributed by atoms with E-state index in [1.54, 1.807) is 35.2 Å². The molecule has 0 bridgehead atoms. The van der Waals surface area contributed by atoms with Crippen molar-refractivity contribution in [2.75, 3.05) is 24.6 Å². The van der Waals surface area contributed by atoms with E-state index in [0.717, 1.165) is 6.42 Å². The zero-order valence-electron chi connectivity index (χ0n) is 20.1. The van der Waals surface area contributed by atoms with E-state index < -0.39 is 23.9 Å². The van der Waals surface area contributed by atoms with E-state index in [-0.39, 0.29) is 28.3 Å². The molecule has 0 spiro atoms. The Bertz CT molecular complexity index is 1650. The van der Waals surface area contributed by atoms with Crippen molar-refractivity contribution in [1.82, 2.24) is 24.3 Å². The topological polar surface area (TPSA) is 78.1 Å². The van der Waals surface area contributed by atoms with Gasteiger partial charge in [0.15, 0.2) is 0 Å². The van der Waals surface area contributed by atoms with Crippen molar-refractivity contribution in [2.45, 2.75) is 43.9 Å². The van der Waals surface area contributed by atoms with Gasteiger partial charge in [-0.3, -0.25) is 14.0 Å². The normalized spacial score (nSPS) is 22.2. The van der Waals surface area contributed by atoms with Gasteiger partial charge in [0.2, 0.25) is 0 Å². The first-order valence-electron chi connectivity index (χ1n) is 12.5. The van der Waals surface area contributed by atoms with E-state index in [9.17, 15) is 13.6 Å². The molecule has 2 atom stereocenters. The molecule has 1 saturated heterocycles. The van der Waals surface area contributed by atoms with Gasteiger partial charge in [0, 0.05) is 54.8 Å². The minimum absolute atomic E-state index is 0.182. The molecule has 7 rings (SSSR count). The van der Waals surface area contributed by atoms with Crippen LogP contribution in [-0.2, 0) is 17.7 Å². The number of benzene rings is 1. The van der Waals surface area contributed by atoms with Crippen LogP contribution in [0.4, 0.5) is 19.0 Å². The summed E-state index contributed by atoms with van der Waals surface area (Å²) in [5.41, 5.74) is 1.32. The average Bonchev–Trinajstić information content (AvgIpc) is 3.28. The van der Waals surface area contributed by atoms with Gasteiger partial charge < -0.3 is 9.64 Å². The summed E-state index contributed by atoms with van der Waals surface area (Å²) in [4.78, 5) is 24.9. The van der Waals surface area contributed by atoms with Gasteiger partial charge in [0.1, 0.15) is 40.8 Å². The zero-order chi connectivity index (χ0) is 26.2. The highest BCUT2D eigenvalue weighted by atomic mass is 35.5. The number of ether oxygens (including phenoxy) is 1. The fourth-order valence-electron chi connectivity index (χ4n) is 5.34. The zero-order valence-corrected chi connectivity index (χ0v) is 20.8. The quantitative estimate of drug-likeness (QED) is 0.376. The van der Waals surface area contributed by atoms with Gasteiger partial charge in [-0.15, -0.1) is 0 Å². The van der Waals surface area contributed by atoms with Gasteiger partial charge in [-0.2, -0.15) is 5.10 Å². The van der Waals surface area contributed by atoms with Gasteiger partial charge in [0.25, 0.3) is 11.5 Å². The van der Waals surface area contributed by atoms with Crippen LogP contribution in [0.2, 0.25) is 5.02 Å². The van der Waals surface area contributed by atoms with E-state index >= 15 is 4.39 Å². The maximum Gasteiger partial charge on any atom is 0.272 e. The largest absolute Gasteiger partial charge is 0.370 e. The molecule has 5 heterocycles. The number of aryl methyl sites for hydroxylation is 1. The van der Waals surface area contributed by atoms with Crippen LogP contribution in [0.3, 0.4) is 0 Å². The average molecular weight is 543 g/mol. The van der Waals surface area contributed by atoms with Crippen molar-refractivity contribution in [3.63, 3.8) is 0 Å². The molecular formula is C26H22ClF3N6O2. The monoisotopic (exact) mass is 542 g/mol. The molecular weight excluding hydrogens is 521 g/mol. The lowest BCUT2D eigenvalue weighted by molar-refractivity contribution is 0.0394. The Hall–Kier alpha value is -3.44. The molecule has 0 amide bonds. The Kier molecular flexibility index (Phi) is 5.31. The first-order chi connectivity index (χ1) is 18.3. The molecule has 0 N–H and O–H groups in total. The number of aromatic nitrogens is 5. The van der Waals surface area contributed by atoms with Crippen molar-refractivity contribution < 1.29 is 17.9 Å². The number of fused-ring (bicyclic) bond motifs is 2. The number of halogens is 4. The lowest BCUT2D eigenvalue weighted by atomic mass is 10.1. The first kappa shape index (κ1) is 23.7. The lowest BCUT2D eigenvalue weighted by Crippen LogP contribution is -2.39. The SMILES string of the molecule is O=c1c2cc(N3CCO[C@@H](c4cnn([C@@H]5CC5(F)F)c4)C3)nc(-c3ccc(Cl)cc3F)c2nc2n1CCC2. The van der Waals surface area contributed by atoms with Crippen LogP contribution in [0.1, 0.15) is 36.4 Å². The Morgan fingerprint density at radius 2 is 2.00 bits per heavy atom. The van der Waals surface area contributed by atoms with Gasteiger partial charge >= 0.3 is 0 Å². The number of hydrogen-bond acceptors (Lipinski definition) is 6. The summed E-state index contributed by atoms with van der Waals surface area (Å²) >= 11 is 5.99. The van der Waals surface area contributed by atoms with Gasteiger partial charge in [-0.25, -0.2) is 23.1 Å². The highest BCUT2D eigenvalue weighted by Gasteiger charge is 2.59. The van der Waals surface area contributed by atoms with Crippen LogP contribution in [0.25, 0.3) is 22.2 Å². The fourth-order valence-corrected chi connectivity index (χ4v) is 5.49. The number of morpholine rings is 1. The third-order valence-corrected chi connectivity index (χ3v) is 7.71. The fraction of sp³-hybridized carbons (Fsp3) is 0.385. The van der Waals surface area contributed by atoms with Crippen molar-refractivity contribution in [3.05, 3.63) is 69.2 Å². The molecule has 1 aliphatic carbocycles. The van der Waals surface area contributed by atoms with Crippen molar-refractivity contribution in [1.29, 1.82) is 0 Å². The first-order valence-corrected chi connectivity index (χ1v) is 12.8. The predicted octanol–water partition coefficient (Wildman–Crippen LogP) is 4.55. The molecule has 2 aliphatic heterocycles. The second kappa shape index (κ2) is 8.54. The van der Waals surface area contributed by atoms with Gasteiger partial charge in [0.05, 0.1) is 18.2 Å². The van der Waals surface area contributed by atoms with Crippen LogP contribution in [0.5, 0.6) is 0 Å². The third-order valence-electron chi connectivity index (χ3n) is 7.47. The standard InChI is InChI=1S/C26H22ClF3N6O2/c27-15-3-4-16(18(28)8-15)23-24-17(25(37)35-5-1-2-21(35)32-24)9-22(33-23)34-6-7-38-19(13-34)14-11-31-36(12-14)20-10-26(20,29)30/h3-4,8-9,11-12,19-20H,1-2,5-7,10,13H2/t19-,20-/m1/s1. The highest BCUT2D eigenvalue weighted by Crippen LogP contribution is 2.52. The number of anilines is 1.